The molecule has 2 aromatic rings. The highest BCUT2D eigenvalue weighted by Crippen LogP contribution is 2.31. The van der Waals surface area contributed by atoms with Gasteiger partial charge in [0, 0.05) is 14.5 Å². The molecule has 1 unspecified atom stereocenters. The van der Waals surface area contributed by atoms with Crippen LogP contribution in [0.15, 0.2) is 45.3 Å². The highest BCUT2D eigenvalue weighted by molar-refractivity contribution is 9.11. The molecule has 0 heterocycles. The monoisotopic (exact) mass is 402 g/mol. The lowest BCUT2D eigenvalue weighted by Gasteiger charge is -2.19. The molecular weight excluding hydrogens is 391 g/mol. The van der Waals surface area contributed by atoms with Crippen molar-refractivity contribution in [1.82, 2.24) is 5.43 Å². The Morgan fingerprint density at radius 1 is 1.20 bits per heavy atom. The lowest BCUT2D eigenvalue weighted by Crippen LogP contribution is -2.29. The van der Waals surface area contributed by atoms with E-state index in [1.165, 1.54) is 7.11 Å². The smallest absolute Gasteiger partial charge is 0.170 e. The minimum absolute atomic E-state index is 0.191. The van der Waals surface area contributed by atoms with E-state index in [0.29, 0.717) is 5.56 Å². The van der Waals surface area contributed by atoms with Crippen molar-refractivity contribution >= 4 is 31.9 Å². The van der Waals surface area contributed by atoms with Gasteiger partial charge in [0.15, 0.2) is 11.6 Å². The summed E-state index contributed by atoms with van der Waals surface area (Å²) in [6.07, 6.45) is 0. The normalized spacial score (nSPS) is 12.2. The summed E-state index contributed by atoms with van der Waals surface area (Å²) in [5.74, 6) is 5.38. The summed E-state index contributed by atoms with van der Waals surface area (Å²) in [4.78, 5) is 0. The maximum Gasteiger partial charge on any atom is 0.170 e. The van der Waals surface area contributed by atoms with Crippen molar-refractivity contribution in [3.05, 3.63) is 62.3 Å². The molecule has 3 nitrogen and oxygen atoms in total. The topological polar surface area (TPSA) is 47.3 Å². The fourth-order valence-electron chi connectivity index (χ4n) is 2.02. The van der Waals surface area contributed by atoms with Gasteiger partial charge in [0.2, 0.25) is 0 Å². The number of hydrogen-bond acceptors (Lipinski definition) is 3. The number of halogens is 3. The van der Waals surface area contributed by atoms with Gasteiger partial charge < -0.3 is 4.74 Å². The zero-order valence-electron chi connectivity index (χ0n) is 10.7. The van der Waals surface area contributed by atoms with Crippen molar-refractivity contribution in [2.75, 3.05) is 7.11 Å². The van der Waals surface area contributed by atoms with Crippen LogP contribution < -0.4 is 16.0 Å². The molecule has 6 heteroatoms. The third-order valence-corrected chi connectivity index (χ3v) is 3.82. The van der Waals surface area contributed by atoms with Gasteiger partial charge in [0.1, 0.15) is 0 Å². The molecule has 0 fully saturated rings. The molecule has 0 amide bonds. The lowest BCUT2D eigenvalue weighted by atomic mass is 9.98. The van der Waals surface area contributed by atoms with Crippen LogP contribution in [0.3, 0.4) is 0 Å². The Hall–Kier alpha value is -0.950. The second kappa shape index (κ2) is 6.67. The highest BCUT2D eigenvalue weighted by atomic mass is 79.9. The zero-order valence-corrected chi connectivity index (χ0v) is 13.8. The van der Waals surface area contributed by atoms with Crippen molar-refractivity contribution in [3.8, 4) is 5.75 Å². The Morgan fingerprint density at radius 3 is 2.40 bits per heavy atom. The average molecular weight is 404 g/mol. The third-order valence-electron chi connectivity index (χ3n) is 2.91. The Bertz CT molecular complexity index is 602. The number of rotatable bonds is 4. The van der Waals surface area contributed by atoms with E-state index >= 15 is 0 Å². The number of nitrogens with two attached hydrogens (primary N) is 1. The van der Waals surface area contributed by atoms with Gasteiger partial charge in [-0.05, 0) is 29.8 Å². The van der Waals surface area contributed by atoms with Crippen LogP contribution in [-0.2, 0) is 0 Å². The van der Waals surface area contributed by atoms with E-state index in [0.717, 1.165) is 14.5 Å². The number of methoxy groups -OCH3 is 1. The standard InChI is InChI=1S/C14H13Br2FN2O/c1-20-12-4-2-3-11(13(12)17)14(19-18)8-5-9(15)7-10(16)6-8/h2-7,14,19H,18H2,1H3. The first-order valence-corrected chi connectivity index (χ1v) is 7.40. The fourth-order valence-corrected chi connectivity index (χ4v) is 3.34. The zero-order chi connectivity index (χ0) is 14.7. The molecule has 2 aromatic carbocycles. The minimum Gasteiger partial charge on any atom is -0.494 e. The van der Waals surface area contributed by atoms with Crippen LogP contribution in [0.25, 0.3) is 0 Å². The molecule has 3 N–H and O–H groups in total. The van der Waals surface area contributed by atoms with Crippen LogP contribution in [0.2, 0.25) is 0 Å². The molecular formula is C14H13Br2FN2O. The molecule has 0 aliphatic rings. The van der Waals surface area contributed by atoms with Crippen molar-refractivity contribution in [2.24, 2.45) is 5.84 Å². The third kappa shape index (κ3) is 3.20. The Balaban J connectivity index is 2.52. The summed E-state index contributed by atoms with van der Waals surface area (Å²) in [5.41, 5.74) is 3.91. The lowest BCUT2D eigenvalue weighted by molar-refractivity contribution is 0.381. The molecule has 0 spiro atoms. The molecule has 20 heavy (non-hydrogen) atoms. The van der Waals surface area contributed by atoms with E-state index in [1.807, 2.05) is 18.2 Å². The number of ether oxygens (including phenoxy) is 1. The molecule has 106 valence electrons. The van der Waals surface area contributed by atoms with Crippen LogP contribution in [0.5, 0.6) is 5.75 Å². The summed E-state index contributed by atoms with van der Waals surface area (Å²) >= 11 is 6.83. The molecule has 2 rings (SSSR count). The number of hydrogen-bond donors (Lipinski definition) is 2. The Morgan fingerprint density at radius 2 is 1.85 bits per heavy atom. The predicted molar refractivity (Wildman–Crippen MR) is 84.0 cm³/mol. The maximum absolute atomic E-state index is 14.4. The van der Waals surface area contributed by atoms with Crippen LogP contribution >= 0.6 is 31.9 Å². The molecule has 0 aliphatic carbocycles. The predicted octanol–water partition coefficient (Wildman–Crippen LogP) is 3.91. The summed E-state index contributed by atoms with van der Waals surface area (Å²) < 4.78 is 21.1. The van der Waals surface area contributed by atoms with Crippen LogP contribution in [0.4, 0.5) is 4.39 Å². The van der Waals surface area contributed by atoms with Crippen molar-refractivity contribution in [1.29, 1.82) is 0 Å². The molecule has 0 saturated heterocycles. The van der Waals surface area contributed by atoms with Crippen LogP contribution in [0.1, 0.15) is 17.2 Å². The molecule has 0 radical (unpaired) electrons. The number of benzene rings is 2. The highest BCUT2D eigenvalue weighted by Gasteiger charge is 2.19. The number of hydrazine groups is 1. The first-order chi connectivity index (χ1) is 9.56. The molecule has 0 bridgehead atoms. The first-order valence-electron chi connectivity index (χ1n) is 5.81. The summed E-state index contributed by atoms with van der Waals surface area (Å²) in [7, 11) is 1.43. The second-order valence-electron chi connectivity index (χ2n) is 4.17. The average Bonchev–Trinajstić information content (AvgIpc) is 2.40. The molecule has 0 aromatic heterocycles. The summed E-state index contributed by atoms with van der Waals surface area (Å²) in [6.45, 7) is 0. The second-order valence-corrected chi connectivity index (χ2v) is 6.00. The van der Waals surface area contributed by atoms with E-state index in [9.17, 15) is 4.39 Å². The molecule has 1 atom stereocenters. The van der Waals surface area contributed by atoms with Crippen LogP contribution in [0, 0.1) is 5.82 Å². The van der Waals surface area contributed by atoms with Gasteiger partial charge in [-0.2, -0.15) is 0 Å². The first kappa shape index (κ1) is 15.4. The van der Waals surface area contributed by atoms with Crippen molar-refractivity contribution in [2.45, 2.75) is 6.04 Å². The van der Waals surface area contributed by atoms with Crippen LogP contribution in [-0.4, -0.2) is 7.11 Å². The van der Waals surface area contributed by atoms with Gasteiger partial charge in [-0.15, -0.1) is 0 Å². The molecule has 0 aliphatic heterocycles. The van der Waals surface area contributed by atoms with Crippen molar-refractivity contribution < 1.29 is 9.13 Å². The summed E-state index contributed by atoms with van der Waals surface area (Å²) in [5, 5.41) is 0. The van der Waals surface area contributed by atoms with Gasteiger partial charge >= 0.3 is 0 Å². The van der Waals surface area contributed by atoms with E-state index in [2.05, 4.69) is 37.3 Å². The van der Waals surface area contributed by atoms with E-state index < -0.39 is 11.9 Å². The van der Waals surface area contributed by atoms with Gasteiger partial charge in [-0.1, -0.05) is 44.0 Å². The minimum atomic E-state index is -0.473. The maximum atomic E-state index is 14.4. The van der Waals surface area contributed by atoms with E-state index in [4.69, 9.17) is 10.6 Å². The quantitative estimate of drug-likeness (QED) is 0.600. The van der Waals surface area contributed by atoms with E-state index in [1.54, 1.807) is 18.2 Å². The summed E-state index contributed by atoms with van der Waals surface area (Å²) in [6, 6.07) is 10.2. The van der Waals surface area contributed by atoms with Gasteiger partial charge in [-0.3, -0.25) is 5.84 Å². The van der Waals surface area contributed by atoms with Crippen molar-refractivity contribution in [3.63, 3.8) is 0 Å². The van der Waals surface area contributed by atoms with Gasteiger partial charge in [0.25, 0.3) is 0 Å². The fraction of sp³-hybridized carbons (Fsp3) is 0.143. The van der Waals surface area contributed by atoms with Gasteiger partial charge in [-0.25, -0.2) is 9.82 Å². The SMILES string of the molecule is COc1cccc(C(NN)c2cc(Br)cc(Br)c2)c1F. The molecule has 0 saturated carbocycles. The Kier molecular flexibility index (Phi) is 5.15. The van der Waals surface area contributed by atoms with Gasteiger partial charge in [0.05, 0.1) is 13.2 Å². The number of nitrogens with one attached hydrogen (secondary N) is 1. The Labute approximate surface area is 133 Å². The largest absolute Gasteiger partial charge is 0.494 e. The van der Waals surface area contributed by atoms with E-state index in [-0.39, 0.29) is 5.75 Å².